The van der Waals surface area contributed by atoms with E-state index in [2.05, 4.69) is 4.90 Å². The molecule has 1 saturated heterocycles. The maximum Gasteiger partial charge on any atom is 0.250 e. The lowest BCUT2D eigenvalue weighted by Crippen LogP contribution is -2.32. The normalized spacial score (nSPS) is 29.3. The molecule has 1 aromatic rings. The van der Waals surface area contributed by atoms with Gasteiger partial charge >= 0.3 is 0 Å². The molecule has 1 aromatic carbocycles. The van der Waals surface area contributed by atoms with Gasteiger partial charge in [-0.25, -0.2) is 0 Å². The smallest absolute Gasteiger partial charge is 0.250 e. The van der Waals surface area contributed by atoms with Crippen LogP contribution in [0.5, 0.6) is 0 Å². The molecule has 5 heteroatoms. The summed E-state index contributed by atoms with van der Waals surface area (Å²) in [5.41, 5.74) is 13.0. The van der Waals surface area contributed by atoms with Crippen molar-refractivity contribution in [3.05, 3.63) is 28.8 Å². The van der Waals surface area contributed by atoms with E-state index in [0.29, 0.717) is 28.5 Å². The van der Waals surface area contributed by atoms with Crippen molar-refractivity contribution in [2.45, 2.75) is 25.3 Å². The first-order valence-electron chi connectivity index (χ1n) is 7.14. The molecular formula is C15H20ClN3O. The van der Waals surface area contributed by atoms with Gasteiger partial charge < -0.3 is 16.4 Å². The van der Waals surface area contributed by atoms with Crippen LogP contribution in [-0.2, 0) is 0 Å². The third kappa shape index (κ3) is 2.50. The van der Waals surface area contributed by atoms with Crippen LogP contribution in [-0.4, -0.2) is 25.0 Å². The fraction of sp³-hybridized carbons (Fsp3) is 0.533. The summed E-state index contributed by atoms with van der Waals surface area (Å²) in [6.45, 7) is 1.91. The Morgan fingerprint density at radius 2 is 2.00 bits per heavy atom. The average molecular weight is 294 g/mol. The summed E-state index contributed by atoms with van der Waals surface area (Å²) in [7, 11) is 0. The molecule has 1 saturated carbocycles. The summed E-state index contributed by atoms with van der Waals surface area (Å²) >= 11 is 6.08. The highest BCUT2D eigenvalue weighted by atomic mass is 35.5. The molecule has 0 bridgehead atoms. The number of benzene rings is 1. The molecule has 3 atom stereocenters. The molecule has 0 radical (unpaired) electrons. The number of hydrogen-bond acceptors (Lipinski definition) is 3. The van der Waals surface area contributed by atoms with Gasteiger partial charge in [0.1, 0.15) is 0 Å². The van der Waals surface area contributed by atoms with Crippen LogP contribution in [0.4, 0.5) is 5.69 Å². The number of carbonyl (C=O) groups is 1. The van der Waals surface area contributed by atoms with E-state index in [0.717, 1.165) is 31.6 Å². The van der Waals surface area contributed by atoms with Crippen LogP contribution in [0, 0.1) is 11.8 Å². The van der Waals surface area contributed by atoms with Gasteiger partial charge in [0.15, 0.2) is 0 Å². The molecule has 3 rings (SSSR count). The first kappa shape index (κ1) is 13.7. The number of hydrogen-bond donors (Lipinski definition) is 2. The average Bonchev–Trinajstić information content (AvgIpc) is 2.81. The first-order chi connectivity index (χ1) is 9.54. The Morgan fingerprint density at radius 1 is 1.25 bits per heavy atom. The standard InChI is InChI=1S/C15H20ClN3O/c16-11-2-4-13(15(18)20)14(6-11)19-7-9-1-3-12(17)5-10(9)8-19/h2,4,6,9-10,12H,1,3,5,7-8,17H2,(H2,18,20)/t9-,10+,12?/m1/s1. The Hall–Kier alpha value is -1.26. The largest absolute Gasteiger partial charge is 0.370 e. The van der Waals surface area contributed by atoms with Crippen LogP contribution >= 0.6 is 11.6 Å². The van der Waals surface area contributed by atoms with E-state index in [1.807, 2.05) is 6.07 Å². The number of rotatable bonds is 2. The molecule has 1 unspecified atom stereocenters. The third-order valence-electron chi connectivity index (χ3n) is 4.66. The van der Waals surface area contributed by atoms with Crippen molar-refractivity contribution in [2.24, 2.45) is 23.3 Å². The Morgan fingerprint density at radius 3 is 2.75 bits per heavy atom. The summed E-state index contributed by atoms with van der Waals surface area (Å²) in [4.78, 5) is 13.8. The fourth-order valence-corrected chi connectivity index (χ4v) is 3.81. The summed E-state index contributed by atoms with van der Waals surface area (Å²) in [5.74, 6) is 0.899. The molecule has 0 aromatic heterocycles. The SMILES string of the molecule is NC(=O)c1ccc(Cl)cc1N1C[C@H]2CCC(N)C[C@H]2C1. The van der Waals surface area contributed by atoms with Crippen molar-refractivity contribution in [2.75, 3.05) is 18.0 Å². The number of anilines is 1. The number of nitrogens with two attached hydrogens (primary N) is 2. The highest BCUT2D eigenvalue weighted by Crippen LogP contribution is 2.39. The number of halogens is 1. The van der Waals surface area contributed by atoms with Gasteiger partial charge in [0.05, 0.1) is 11.3 Å². The minimum Gasteiger partial charge on any atom is -0.370 e. The highest BCUT2D eigenvalue weighted by Gasteiger charge is 2.37. The Labute approximate surface area is 124 Å². The van der Waals surface area contributed by atoms with Crippen LogP contribution in [0.3, 0.4) is 0 Å². The number of fused-ring (bicyclic) bond motifs is 1. The van der Waals surface area contributed by atoms with Crippen LogP contribution in [0.2, 0.25) is 5.02 Å². The van der Waals surface area contributed by atoms with Crippen molar-refractivity contribution in [1.82, 2.24) is 0 Å². The van der Waals surface area contributed by atoms with Crippen LogP contribution in [0.15, 0.2) is 18.2 Å². The molecule has 108 valence electrons. The predicted octanol–water partition coefficient (Wildman–Crippen LogP) is 2.00. The van der Waals surface area contributed by atoms with Crippen molar-refractivity contribution in [3.8, 4) is 0 Å². The quantitative estimate of drug-likeness (QED) is 0.876. The zero-order valence-corrected chi connectivity index (χ0v) is 12.1. The molecule has 1 aliphatic heterocycles. The minimum absolute atomic E-state index is 0.325. The lowest BCUT2D eigenvalue weighted by Gasteiger charge is -2.27. The molecule has 0 spiro atoms. The van der Waals surface area contributed by atoms with E-state index in [-0.39, 0.29) is 0 Å². The molecule has 1 aliphatic carbocycles. The fourth-order valence-electron chi connectivity index (χ4n) is 3.64. The molecule has 2 fully saturated rings. The van der Waals surface area contributed by atoms with Gasteiger partial charge in [0, 0.05) is 24.2 Å². The van der Waals surface area contributed by atoms with Crippen molar-refractivity contribution >= 4 is 23.2 Å². The first-order valence-corrected chi connectivity index (χ1v) is 7.52. The molecule has 4 nitrogen and oxygen atoms in total. The number of carbonyl (C=O) groups excluding carboxylic acids is 1. The second-order valence-corrected chi connectivity index (χ2v) is 6.46. The summed E-state index contributed by atoms with van der Waals surface area (Å²) < 4.78 is 0. The topological polar surface area (TPSA) is 72.4 Å². The molecular weight excluding hydrogens is 274 g/mol. The van der Waals surface area contributed by atoms with Crippen LogP contribution in [0.1, 0.15) is 29.6 Å². The van der Waals surface area contributed by atoms with Gasteiger partial charge in [-0.1, -0.05) is 11.6 Å². The van der Waals surface area contributed by atoms with Crippen molar-refractivity contribution in [3.63, 3.8) is 0 Å². The lowest BCUT2D eigenvalue weighted by molar-refractivity contribution is 0.100. The van der Waals surface area contributed by atoms with Gasteiger partial charge in [-0.05, 0) is 49.3 Å². The van der Waals surface area contributed by atoms with Crippen molar-refractivity contribution < 1.29 is 4.79 Å². The van der Waals surface area contributed by atoms with Crippen LogP contribution in [0.25, 0.3) is 0 Å². The molecule has 1 heterocycles. The van der Waals surface area contributed by atoms with E-state index >= 15 is 0 Å². The Kier molecular flexibility index (Phi) is 3.61. The van der Waals surface area contributed by atoms with Gasteiger partial charge in [-0.2, -0.15) is 0 Å². The predicted molar refractivity (Wildman–Crippen MR) is 81.0 cm³/mol. The zero-order valence-electron chi connectivity index (χ0n) is 11.4. The van der Waals surface area contributed by atoms with E-state index in [1.165, 1.54) is 6.42 Å². The van der Waals surface area contributed by atoms with Crippen LogP contribution < -0.4 is 16.4 Å². The summed E-state index contributed by atoms with van der Waals surface area (Å²) in [6, 6.07) is 5.60. The van der Waals surface area contributed by atoms with Gasteiger partial charge in [0.2, 0.25) is 0 Å². The van der Waals surface area contributed by atoms with E-state index < -0.39 is 5.91 Å². The minimum atomic E-state index is -0.400. The highest BCUT2D eigenvalue weighted by molar-refractivity contribution is 6.31. The Balaban J connectivity index is 1.87. The third-order valence-corrected chi connectivity index (χ3v) is 4.89. The molecule has 2 aliphatic rings. The maximum atomic E-state index is 11.6. The monoisotopic (exact) mass is 293 g/mol. The number of primary amides is 1. The van der Waals surface area contributed by atoms with E-state index in [9.17, 15) is 4.79 Å². The maximum absolute atomic E-state index is 11.6. The molecule has 4 N–H and O–H groups in total. The summed E-state index contributed by atoms with van der Waals surface area (Å²) in [5, 5.41) is 0.636. The number of amides is 1. The lowest BCUT2D eigenvalue weighted by atomic mass is 9.79. The molecule has 20 heavy (non-hydrogen) atoms. The summed E-state index contributed by atoms with van der Waals surface area (Å²) in [6.07, 6.45) is 3.36. The van der Waals surface area contributed by atoms with Gasteiger partial charge in [-0.3, -0.25) is 4.79 Å². The van der Waals surface area contributed by atoms with Gasteiger partial charge in [0.25, 0.3) is 5.91 Å². The Bertz CT molecular complexity index is 534. The zero-order chi connectivity index (χ0) is 14.3. The van der Waals surface area contributed by atoms with Crippen molar-refractivity contribution in [1.29, 1.82) is 0 Å². The van der Waals surface area contributed by atoms with E-state index in [1.54, 1.807) is 12.1 Å². The second-order valence-electron chi connectivity index (χ2n) is 6.02. The molecule has 1 amide bonds. The van der Waals surface area contributed by atoms with E-state index in [4.69, 9.17) is 23.1 Å². The van der Waals surface area contributed by atoms with Gasteiger partial charge in [-0.15, -0.1) is 0 Å². The number of nitrogens with zero attached hydrogens (tertiary/aromatic N) is 1. The second kappa shape index (κ2) is 5.26.